The molecule has 1 fully saturated rings. The van der Waals surface area contributed by atoms with E-state index < -0.39 is 66.9 Å². The summed E-state index contributed by atoms with van der Waals surface area (Å²) in [5, 5.41) is 41.8. The first kappa shape index (κ1) is 26.5. The first-order valence-electron chi connectivity index (χ1n) is 10.5. The Morgan fingerprint density at radius 1 is 1.03 bits per heavy atom. The van der Waals surface area contributed by atoms with Gasteiger partial charge in [-0.15, -0.1) is 0 Å². The number of amides is 3. The first-order valence-corrected chi connectivity index (χ1v) is 10.5. The molecule has 0 spiro atoms. The maximum atomic E-state index is 13.0. The molecule has 13 heteroatoms. The molecule has 2 rings (SSSR count). The number of aliphatic hydroxyl groups excluding tert-OH is 1. The summed E-state index contributed by atoms with van der Waals surface area (Å²) in [6.45, 7) is -0.591. The van der Waals surface area contributed by atoms with Crippen molar-refractivity contribution in [3.05, 3.63) is 29.8 Å². The fourth-order valence-electron chi connectivity index (χ4n) is 3.57. The standard InChI is InChI=1S/C21H28N4O9/c22-13(10-26)18(30)23-14(8-11-3-5-12(27)6-4-11)19(31)24-15(9-17(28)29)20(32)25-7-1-2-16(25)21(33)34/h3-6,13-16,26-27H,1-2,7-10,22H2,(H,23,30)(H,24,31)(H,28,29)(H,33,34)/t13-,14-,15-,16-/m0/s1. The molecule has 1 aromatic rings. The predicted octanol–water partition coefficient (Wildman–Crippen LogP) is -2.23. The number of hydrogen-bond acceptors (Lipinski definition) is 8. The van der Waals surface area contributed by atoms with Gasteiger partial charge in [0.25, 0.3) is 0 Å². The number of carboxylic acid groups (broad SMARTS) is 2. The Kier molecular flexibility index (Phi) is 9.33. The van der Waals surface area contributed by atoms with Crippen LogP contribution in [0.2, 0.25) is 0 Å². The van der Waals surface area contributed by atoms with Gasteiger partial charge < -0.3 is 41.7 Å². The largest absolute Gasteiger partial charge is 0.508 e. The molecule has 0 radical (unpaired) electrons. The molecule has 1 aliphatic heterocycles. The second kappa shape index (κ2) is 12.0. The summed E-state index contributed by atoms with van der Waals surface area (Å²) < 4.78 is 0. The highest BCUT2D eigenvalue weighted by molar-refractivity contribution is 5.96. The van der Waals surface area contributed by atoms with Crippen molar-refractivity contribution in [2.24, 2.45) is 5.73 Å². The van der Waals surface area contributed by atoms with Crippen LogP contribution >= 0.6 is 0 Å². The summed E-state index contributed by atoms with van der Waals surface area (Å²) in [6, 6.07) is 0.375. The Balaban J connectivity index is 2.25. The first-order chi connectivity index (χ1) is 16.0. The van der Waals surface area contributed by atoms with Crippen LogP contribution in [0, 0.1) is 0 Å². The summed E-state index contributed by atoms with van der Waals surface area (Å²) >= 11 is 0. The van der Waals surface area contributed by atoms with Crippen LogP contribution in [0.25, 0.3) is 0 Å². The van der Waals surface area contributed by atoms with Crippen LogP contribution in [0.4, 0.5) is 0 Å². The number of phenols is 1. The highest BCUT2D eigenvalue weighted by atomic mass is 16.4. The van der Waals surface area contributed by atoms with E-state index >= 15 is 0 Å². The number of nitrogens with two attached hydrogens (primary N) is 1. The van der Waals surface area contributed by atoms with E-state index in [1.165, 1.54) is 24.3 Å². The number of aromatic hydroxyl groups is 1. The zero-order valence-electron chi connectivity index (χ0n) is 18.2. The molecule has 1 saturated heterocycles. The summed E-state index contributed by atoms with van der Waals surface area (Å²) in [5.74, 6) is -5.28. The zero-order chi connectivity index (χ0) is 25.4. The van der Waals surface area contributed by atoms with Crippen LogP contribution in [0.3, 0.4) is 0 Å². The molecule has 0 aromatic heterocycles. The van der Waals surface area contributed by atoms with Crippen LogP contribution in [0.15, 0.2) is 24.3 Å². The van der Waals surface area contributed by atoms with Crippen molar-refractivity contribution in [1.29, 1.82) is 0 Å². The second-order valence-electron chi connectivity index (χ2n) is 7.91. The molecule has 0 saturated carbocycles. The van der Waals surface area contributed by atoms with Crippen LogP contribution in [-0.4, -0.2) is 92.3 Å². The van der Waals surface area contributed by atoms with Gasteiger partial charge >= 0.3 is 11.9 Å². The van der Waals surface area contributed by atoms with Crippen molar-refractivity contribution in [2.75, 3.05) is 13.2 Å². The Morgan fingerprint density at radius 2 is 1.65 bits per heavy atom. The molecule has 0 bridgehead atoms. The minimum Gasteiger partial charge on any atom is -0.508 e. The lowest BCUT2D eigenvalue weighted by atomic mass is 10.0. The van der Waals surface area contributed by atoms with Crippen molar-refractivity contribution in [3.8, 4) is 5.75 Å². The maximum Gasteiger partial charge on any atom is 0.326 e. The molecule has 4 atom stereocenters. The molecule has 1 aromatic carbocycles. The number of nitrogens with zero attached hydrogens (tertiary/aromatic N) is 1. The second-order valence-corrected chi connectivity index (χ2v) is 7.91. The number of aliphatic carboxylic acids is 2. The average Bonchev–Trinajstić information content (AvgIpc) is 3.28. The molecule has 0 unspecified atom stereocenters. The smallest absolute Gasteiger partial charge is 0.326 e. The van der Waals surface area contributed by atoms with E-state index in [9.17, 15) is 39.3 Å². The third kappa shape index (κ3) is 7.15. The quantitative estimate of drug-likeness (QED) is 0.181. The van der Waals surface area contributed by atoms with Gasteiger partial charge in [-0.3, -0.25) is 19.2 Å². The summed E-state index contributed by atoms with van der Waals surface area (Å²) in [7, 11) is 0. The molecule has 3 amide bonds. The lowest BCUT2D eigenvalue weighted by molar-refractivity contribution is -0.150. The van der Waals surface area contributed by atoms with Gasteiger partial charge in [-0.1, -0.05) is 12.1 Å². The number of carbonyl (C=O) groups is 5. The Morgan fingerprint density at radius 3 is 2.21 bits per heavy atom. The topological polar surface area (TPSA) is 220 Å². The summed E-state index contributed by atoms with van der Waals surface area (Å²) in [6.07, 6.45) is -0.294. The number of nitrogens with one attached hydrogen (secondary N) is 2. The molecule has 13 nitrogen and oxygen atoms in total. The maximum absolute atomic E-state index is 13.0. The summed E-state index contributed by atoms with van der Waals surface area (Å²) in [4.78, 5) is 62.0. The van der Waals surface area contributed by atoms with E-state index in [4.69, 9.17) is 10.8 Å². The lowest BCUT2D eigenvalue weighted by Gasteiger charge is -2.28. The highest BCUT2D eigenvalue weighted by Gasteiger charge is 2.39. The molecule has 1 aliphatic rings. The van der Waals surface area contributed by atoms with Crippen molar-refractivity contribution in [2.45, 2.75) is 49.9 Å². The van der Waals surface area contributed by atoms with Gasteiger partial charge in [-0.25, -0.2) is 4.79 Å². The Bertz CT molecular complexity index is 921. The van der Waals surface area contributed by atoms with Crippen molar-refractivity contribution < 1.29 is 44.4 Å². The minimum absolute atomic E-state index is 0.0261. The molecule has 0 aliphatic carbocycles. The van der Waals surface area contributed by atoms with Gasteiger partial charge in [0, 0.05) is 13.0 Å². The third-order valence-electron chi connectivity index (χ3n) is 5.36. The lowest BCUT2D eigenvalue weighted by Crippen LogP contribution is -2.58. The van der Waals surface area contributed by atoms with Gasteiger partial charge in [0.05, 0.1) is 13.0 Å². The molecular weight excluding hydrogens is 452 g/mol. The van der Waals surface area contributed by atoms with E-state index in [-0.39, 0.29) is 25.1 Å². The number of carboxylic acids is 2. The van der Waals surface area contributed by atoms with Crippen LogP contribution in [0.1, 0.15) is 24.8 Å². The fourth-order valence-corrected chi connectivity index (χ4v) is 3.57. The molecular formula is C21H28N4O9. The van der Waals surface area contributed by atoms with Crippen LogP contribution in [0.5, 0.6) is 5.75 Å². The predicted molar refractivity (Wildman–Crippen MR) is 115 cm³/mol. The summed E-state index contributed by atoms with van der Waals surface area (Å²) in [5.41, 5.74) is 6.02. The number of rotatable bonds is 11. The monoisotopic (exact) mass is 480 g/mol. The van der Waals surface area contributed by atoms with Crippen molar-refractivity contribution in [1.82, 2.24) is 15.5 Å². The minimum atomic E-state index is -1.57. The molecule has 1 heterocycles. The number of aliphatic hydroxyl groups is 1. The number of benzene rings is 1. The molecule has 34 heavy (non-hydrogen) atoms. The number of carbonyl (C=O) groups excluding carboxylic acids is 3. The molecule has 8 N–H and O–H groups in total. The van der Waals surface area contributed by atoms with Gasteiger partial charge in [0.2, 0.25) is 17.7 Å². The van der Waals surface area contributed by atoms with Gasteiger partial charge in [0.15, 0.2) is 0 Å². The Labute approximate surface area is 194 Å². The van der Waals surface area contributed by atoms with E-state index in [1.807, 2.05) is 0 Å². The van der Waals surface area contributed by atoms with Gasteiger partial charge in [0.1, 0.15) is 29.9 Å². The zero-order valence-corrected chi connectivity index (χ0v) is 18.2. The highest BCUT2D eigenvalue weighted by Crippen LogP contribution is 2.19. The van der Waals surface area contributed by atoms with E-state index in [0.29, 0.717) is 12.0 Å². The van der Waals surface area contributed by atoms with Gasteiger partial charge in [-0.2, -0.15) is 0 Å². The fraction of sp³-hybridized carbons (Fsp3) is 0.476. The van der Waals surface area contributed by atoms with Crippen LogP contribution in [-0.2, 0) is 30.4 Å². The van der Waals surface area contributed by atoms with E-state index in [1.54, 1.807) is 0 Å². The number of likely N-dealkylation sites (tertiary alicyclic amines) is 1. The third-order valence-corrected chi connectivity index (χ3v) is 5.36. The van der Waals surface area contributed by atoms with Gasteiger partial charge in [-0.05, 0) is 30.5 Å². The van der Waals surface area contributed by atoms with E-state index in [2.05, 4.69) is 10.6 Å². The Hall–Kier alpha value is -3.71. The number of phenolic OH excluding ortho intramolecular Hbond substituents is 1. The van der Waals surface area contributed by atoms with Crippen molar-refractivity contribution >= 4 is 29.7 Å². The molecule has 186 valence electrons. The number of hydrogen-bond donors (Lipinski definition) is 7. The average molecular weight is 480 g/mol. The SMILES string of the molecule is N[C@@H](CO)C(=O)N[C@@H](Cc1ccc(O)cc1)C(=O)N[C@@H](CC(=O)O)C(=O)N1CCC[C@H]1C(=O)O. The normalized spacial score (nSPS) is 17.9. The van der Waals surface area contributed by atoms with E-state index in [0.717, 1.165) is 4.90 Å². The van der Waals surface area contributed by atoms with Crippen molar-refractivity contribution in [3.63, 3.8) is 0 Å². The van der Waals surface area contributed by atoms with Crippen LogP contribution < -0.4 is 16.4 Å².